The number of rotatable bonds is 9. The zero-order chi connectivity index (χ0) is 44.9. The Morgan fingerprint density at radius 1 is 0.667 bits per heavy atom. The quantitative estimate of drug-likeness (QED) is 0.119. The van der Waals surface area contributed by atoms with Gasteiger partial charge in [-0.05, 0) is 98.2 Å². The van der Waals surface area contributed by atoms with Crippen molar-refractivity contribution < 1.29 is 33.0 Å². The van der Waals surface area contributed by atoms with Gasteiger partial charge in [0.2, 0.25) is 0 Å². The number of anilines is 4. The number of halogens is 2. The van der Waals surface area contributed by atoms with E-state index in [2.05, 4.69) is 29.0 Å². The van der Waals surface area contributed by atoms with Gasteiger partial charge in [0.15, 0.2) is 13.2 Å². The number of nitrogen functional groups attached to an aromatic ring is 1. The van der Waals surface area contributed by atoms with Crippen LogP contribution in [0.3, 0.4) is 0 Å². The van der Waals surface area contributed by atoms with Crippen LogP contribution in [0, 0.1) is 46.1 Å². The largest absolute Gasteiger partial charge is 0.478 e. The molecule has 0 atom stereocenters. The monoisotopic (exact) mass is 852 g/mol. The number of nitrogens with two attached hydrogens (primary N) is 1. The van der Waals surface area contributed by atoms with Crippen molar-refractivity contribution in [3.05, 3.63) is 132 Å². The molecule has 8 rings (SSSR count). The number of aromatic carboxylic acids is 1. The molecule has 0 aliphatic carbocycles. The number of benzene rings is 6. The lowest BCUT2D eigenvalue weighted by Gasteiger charge is -2.32. The second-order valence-corrected chi connectivity index (χ2v) is 15.7. The van der Waals surface area contributed by atoms with E-state index in [4.69, 9.17) is 30.8 Å². The summed E-state index contributed by atoms with van der Waals surface area (Å²) in [5.41, 5.74) is 8.86. The molecule has 0 aromatic heterocycles. The van der Waals surface area contributed by atoms with Gasteiger partial charge in [-0.3, -0.25) is 4.79 Å². The first-order valence-corrected chi connectivity index (χ1v) is 20.9. The van der Waals surface area contributed by atoms with Crippen LogP contribution >= 0.6 is 0 Å². The van der Waals surface area contributed by atoms with Crippen molar-refractivity contribution in [1.82, 2.24) is 0 Å². The molecule has 2 aliphatic heterocycles. The molecule has 13 heteroatoms. The molecule has 11 nitrogen and oxygen atoms in total. The third kappa shape index (κ3) is 11.9. The van der Waals surface area contributed by atoms with Crippen molar-refractivity contribution >= 4 is 56.2 Å². The zero-order valence-electron chi connectivity index (χ0n) is 35.3. The van der Waals surface area contributed by atoms with E-state index in [9.17, 15) is 18.4 Å². The summed E-state index contributed by atoms with van der Waals surface area (Å²) in [6, 6.07) is 34.6. The van der Waals surface area contributed by atoms with Crippen LogP contribution in [0.15, 0.2) is 109 Å². The summed E-state index contributed by atoms with van der Waals surface area (Å²) in [6.07, 6.45) is 4.26. The highest BCUT2D eigenvalue weighted by molar-refractivity contribution is 6.10. The number of nitrogens with one attached hydrogen (secondary N) is 1. The first-order valence-electron chi connectivity index (χ1n) is 20.9. The molecule has 0 unspecified atom stereocenters. The second kappa shape index (κ2) is 21.4. The van der Waals surface area contributed by atoms with E-state index in [1.807, 2.05) is 60.7 Å². The lowest BCUT2D eigenvalue weighted by atomic mass is 9.98. The Balaban J connectivity index is 0.000000174. The molecule has 2 aliphatic rings. The molecule has 2 heterocycles. The van der Waals surface area contributed by atoms with Gasteiger partial charge >= 0.3 is 5.97 Å². The van der Waals surface area contributed by atoms with E-state index >= 15 is 0 Å². The maximum atomic E-state index is 14.3. The zero-order valence-corrected chi connectivity index (χ0v) is 35.3. The fourth-order valence-electron chi connectivity index (χ4n) is 7.64. The molecule has 2 fully saturated rings. The molecule has 6 aromatic rings. The number of fused-ring (bicyclic) bond motifs is 2. The first-order chi connectivity index (χ1) is 30.4. The minimum Gasteiger partial charge on any atom is -0.478 e. The summed E-state index contributed by atoms with van der Waals surface area (Å²) >= 11 is 0. The topological polar surface area (TPSA) is 165 Å². The third-order valence-corrected chi connectivity index (χ3v) is 11.2. The molecule has 6 aromatic carbocycles. The van der Waals surface area contributed by atoms with Gasteiger partial charge in [-0.1, -0.05) is 62.4 Å². The van der Waals surface area contributed by atoms with E-state index in [0.717, 1.165) is 90.8 Å². The molecule has 2 saturated heterocycles. The molecule has 0 spiro atoms. The average Bonchev–Trinajstić information content (AvgIpc) is 3.29. The lowest BCUT2D eigenvalue weighted by molar-refractivity contribution is 0.0696. The van der Waals surface area contributed by atoms with Crippen LogP contribution in [0.4, 0.5) is 31.5 Å². The molecule has 0 bridgehead atoms. The Kier molecular flexibility index (Phi) is 15.4. The normalized spacial score (nSPS) is 14.0. The summed E-state index contributed by atoms with van der Waals surface area (Å²) in [7, 11) is 0. The summed E-state index contributed by atoms with van der Waals surface area (Å²) in [6.45, 7) is 7.87. The number of amides is 1. The first kappa shape index (κ1) is 45.2. The highest BCUT2D eigenvalue weighted by atomic mass is 19.1. The van der Waals surface area contributed by atoms with E-state index in [0.29, 0.717) is 34.7 Å². The number of nitriles is 2. The fourth-order valence-corrected chi connectivity index (χ4v) is 7.64. The molecule has 324 valence electrons. The van der Waals surface area contributed by atoms with Gasteiger partial charge in [0.1, 0.15) is 35.3 Å². The van der Waals surface area contributed by atoms with E-state index < -0.39 is 17.6 Å². The summed E-state index contributed by atoms with van der Waals surface area (Å²) < 4.78 is 38.5. The maximum Gasteiger partial charge on any atom is 0.335 e. The number of nitrogens with zero attached hydrogens (tertiary/aromatic N) is 4. The van der Waals surface area contributed by atoms with Gasteiger partial charge in [-0.2, -0.15) is 10.5 Å². The van der Waals surface area contributed by atoms with Crippen LogP contribution in [-0.4, -0.2) is 56.4 Å². The Hall–Kier alpha value is -7.38. The van der Waals surface area contributed by atoms with Crippen molar-refractivity contribution in [1.29, 1.82) is 10.5 Å². The van der Waals surface area contributed by atoms with Gasteiger partial charge in [-0.15, -0.1) is 0 Å². The predicted octanol–water partition coefficient (Wildman–Crippen LogP) is 10.5. The number of hydrogen-bond acceptors (Lipinski definition) is 9. The number of piperidine rings is 2. The van der Waals surface area contributed by atoms with Crippen LogP contribution in [0.5, 0.6) is 11.5 Å². The van der Waals surface area contributed by atoms with Crippen molar-refractivity contribution in [3.63, 3.8) is 0 Å². The highest BCUT2D eigenvalue weighted by Gasteiger charge is 2.20. The summed E-state index contributed by atoms with van der Waals surface area (Å²) in [5.74, 6) is 0.256. The van der Waals surface area contributed by atoms with Crippen LogP contribution in [0.2, 0.25) is 0 Å². The van der Waals surface area contributed by atoms with Crippen molar-refractivity contribution in [2.75, 3.05) is 60.2 Å². The van der Waals surface area contributed by atoms with Gasteiger partial charge in [0, 0.05) is 76.0 Å². The smallest absolute Gasteiger partial charge is 0.335 e. The SMILES string of the molecule is CC1CCN(c2cc(F)cc(C(=O)Nc3ccc(OCC#N)c4ccccc34)c2)CC1.CC1CCN(c2cc(F)cc(C(=O)O)c2)CC1.N#CCOc1ccc(N)c2ccccc12. The van der Waals surface area contributed by atoms with Gasteiger partial charge in [0.25, 0.3) is 5.91 Å². The molecule has 0 saturated carbocycles. The number of carbonyl (C=O) groups excluding carboxylic acids is 1. The summed E-state index contributed by atoms with van der Waals surface area (Å²) in [5, 5.41) is 32.5. The van der Waals surface area contributed by atoms with Gasteiger partial charge in [0.05, 0.1) is 5.56 Å². The van der Waals surface area contributed by atoms with Gasteiger partial charge < -0.3 is 35.4 Å². The standard InChI is InChI=1S/C25H24FN3O2.C13H16FNO2.C12H10N2O/c1-17-8-11-29(12-9-17)20-15-18(14-19(26)16-20)25(30)28-23-6-7-24(31-13-10-27)22-5-3-2-4-21(22)23;1-9-2-4-15(5-3-9)12-7-10(13(16)17)6-11(14)8-12;13-7-8-15-12-6-5-11(14)9-3-1-2-4-10(9)12/h2-7,14-17H,8-9,11-13H2,1H3,(H,28,30);6-9H,2-5H2,1H3,(H,16,17);1-6H,8,14H2. The maximum absolute atomic E-state index is 14.3. The molecule has 63 heavy (non-hydrogen) atoms. The van der Waals surface area contributed by atoms with Crippen LogP contribution < -0.4 is 30.3 Å². The van der Waals surface area contributed by atoms with E-state index in [1.54, 1.807) is 36.4 Å². The van der Waals surface area contributed by atoms with Gasteiger partial charge in [-0.25, -0.2) is 13.6 Å². The minimum absolute atomic E-state index is 0.0126. The van der Waals surface area contributed by atoms with Crippen molar-refractivity contribution in [2.24, 2.45) is 11.8 Å². The molecular formula is C50H50F2N6O5. The Morgan fingerprint density at radius 3 is 1.62 bits per heavy atom. The number of ether oxygens (including phenoxy) is 2. The number of carbonyl (C=O) groups is 2. The minimum atomic E-state index is -1.09. The fraction of sp³-hybridized carbons (Fsp3) is 0.280. The number of carboxylic acids is 1. The number of carboxylic acid groups (broad SMARTS) is 1. The third-order valence-electron chi connectivity index (χ3n) is 11.2. The number of hydrogen-bond donors (Lipinski definition) is 3. The molecule has 1 amide bonds. The van der Waals surface area contributed by atoms with Crippen LogP contribution in [0.1, 0.15) is 60.2 Å². The second-order valence-electron chi connectivity index (χ2n) is 15.7. The van der Waals surface area contributed by atoms with Crippen LogP contribution in [-0.2, 0) is 0 Å². The van der Waals surface area contributed by atoms with E-state index in [-0.39, 0.29) is 30.2 Å². The van der Waals surface area contributed by atoms with E-state index in [1.165, 1.54) is 18.2 Å². The Morgan fingerprint density at radius 2 is 1.11 bits per heavy atom. The van der Waals surface area contributed by atoms with Crippen molar-refractivity contribution in [3.8, 4) is 23.6 Å². The molecule has 4 N–H and O–H groups in total. The lowest BCUT2D eigenvalue weighted by Crippen LogP contribution is -2.33. The molecular weight excluding hydrogens is 803 g/mol. The van der Waals surface area contributed by atoms with Crippen LogP contribution in [0.25, 0.3) is 21.5 Å². The average molecular weight is 853 g/mol. The summed E-state index contributed by atoms with van der Waals surface area (Å²) in [4.78, 5) is 28.0. The van der Waals surface area contributed by atoms with Crippen molar-refractivity contribution in [2.45, 2.75) is 39.5 Å². The Bertz CT molecular complexity index is 2650. The molecule has 0 radical (unpaired) electrons. The highest BCUT2D eigenvalue weighted by Crippen LogP contribution is 2.33. The Labute approximate surface area is 365 Å². The predicted molar refractivity (Wildman–Crippen MR) is 243 cm³/mol.